The largest absolute Gasteiger partial charge is 0.309 e. The Hall–Kier alpha value is -8.54. The normalized spacial score (nSPS) is 12.0. The summed E-state index contributed by atoms with van der Waals surface area (Å²) < 4.78 is 7.62. The Morgan fingerprint density at radius 3 is 1.41 bits per heavy atom. The number of rotatable bonds is 8. The van der Waals surface area contributed by atoms with E-state index in [1.807, 2.05) is 11.3 Å². The molecule has 2 nitrogen and oxygen atoms in total. The highest BCUT2D eigenvalue weighted by molar-refractivity contribution is 7.26. The first-order valence-electron chi connectivity index (χ1n) is 24.1. The molecular formula is C66H44N2SSi. The molecule has 0 N–H and O–H groups in total. The van der Waals surface area contributed by atoms with Gasteiger partial charge in [0.15, 0.2) is 8.07 Å². The molecule has 0 unspecified atom stereocenters. The Labute approximate surface area is 411 Å². The van der Waals surface area contributed by atoms with Gasteiger partial charge < -0.3 is 9.13 Å². The topological polar surface area (TPSA) is 9.86 Å². The summed E-state index contributed by atoms with van der Waals surface area (Å²) in [5.74, 6) is 0. The maximum atomic E-state index is 2.48. The predicted octanol–water partition coefficient (Wildman–Crippen LogP) is 15.0. The van der Waals surface area contributed by atoms with Gasteiger partial charge >= 0.3 is 0 Å². The summed E-state index contributed by atoms with van der Waals surface area (Å²) in [6.45, 7) is 0. The van der Waals surface area contributed by atoms with Crippen LogP contribution in [0.2, 0.25) is 0 Å². The third kappa shape index (κ3) is 6.24. The van der Waals surface area contributed by atoms with E-state index < -0.39 is 8.07 Å². The Morgan fingerprint density at radius 1 is 0.271 bits per heavy atom. The Balaban J connectivity index is 0.974. The number of nitrogens with zero attached hydrogens (tertiary/aromatic N) is 2. The first kappa shape index (κ1) is 40.5. The lowest BCUT2D eigenvalue weighted by atomic mass is 9.99. The number of para-hydroxylation sites is 1. The van der Waals surface area contributed by atoms with E-state index in [9.17, 15) is 0 Å². The standard InChI is InChI=1S/C66H44N2SSi/c1-5-19-45(20-6-1)46-35-38-62-58(41-46)59-42-47(54-31-18-32-57-56-30-14-16-34-65(56)69-66(54)57)36-39-63(59)68(62)49-37-40-64-60(44-49)55-29-13-15-33-61(55)67(64)48-21-17-28-53(43-48)70(50-22-7-2-8-23-50,51-24-9-3-10-25-51)52-26-11-4-12-27-52/h1-44H. The lowest BCUT2D eigenvalue weighted by molar-refractivity contribution is 1.17. The van der Waals surface area contributed by atoms with Crippen molar-refractivity contribution in [1.29, 1.82) is 0 Å². The van der Waals surface area contributed by atoms with Gasteiger partial charge in [0.2, 0.25) is 0 Å². The van der Waals surface area contributed by atoms with Crippen molar-refractivity contribution in [2.75, 3.05) is 0 Å². The average Bonchev–Trinajstić information content (AvgIpc) is 4.10. The minimum absolute atomic E-state index is 1.14. The van der Waals surface area contributed by atoms with Crippen LogP contribution in [0.4, 0.5) is 0 Å². The molecular weight excluding hydrogens is 881 g/mol. The molecule has 0 saturated carbocycles. The molecule has 328 valence electrons. The molecule has 3 heterocycles. The average molecular weight is 925 g/mol. The van der Waals surface area contributed by atoms with E-state index in [2.05, 4.69) is 276 Å². The molecule has 3 aromatic heterocycles. The van der Waals surface area contributed by atoms with Gasteiger partial charge in [-0.25, -0.2) is 0 Å². The van der Waals surface area contributed by atoms with Crippen molar-refractivity contribution < 1.29 is 0 Å². The monoisotopic (exact) mass is 924 g/mol. The van der Waals surface area contributed by atoms with Crippen molar-refractivity contribution in [2.45, 2.75) is 0 Å². The number of hydrogen-bond donors (Lipinski definition) is 0. The SMILES string of the molecule is c1ccc(-c2ccc3c(c2)c2cc(-c4cccc5c4sc4ccccc45)ccc2n3-c2ccc3c(c2)c2ccccc2n3-c2cccc([Si](c3ccccc3)(c3ccccc3)c3ccccc3)c2)cc1. The molecule has 70 heavy (non-hydrogen) atoms. The van der Waals surface area contributed by atoms with Gasteiger partial charge in [-0.15, -0.1) is 11.3 Å². The van der Waals surface area contributed by atoms with E-state index in [1.165, 1.54) is 107 Å². The fourth-order valence-corrected chi connectivity index (χ4v) is 17.6. The van der Waals surface area contributed by atoms with Crippen LogP contribution in [0, 0.1) is 0 Å². The van der Waals surface area contributed by atoms with E-state index in [-0.39, 0.29) is 0 Å². The highest BCUT2D eigenvalue weighted by Gasteiger charge is 2.41. The summed E-state index contributed by atoms with van der Waals surface area (Å²) in [6.07, 6.45) is 0. The number of aromatic nitrogens is 2. The maximum absolute atomic E-state index is 2.77. The van der Waals surface area contributed by atoms with Crippen molar-refractivity contribution >= 4 is 104 Å². The van der Waals surface area contributed by atoms with Crippen LogP contribution in [0.25, 0.3) is 97.4 Å². The van der Waals surface area contributed by atoms with Gasteiger partial charge in [-0.3, -0.25) is 0 Å². The van der Waals surface area contributed by atoms with Gasteiger partial charge in [0.05, 0.1) is 22.1 Å². The third-order valence-electron chi connectivity index (χ3n) is 14.7. The summed E-state index contributed by atoms with van der Waals surface area (Å²) in [7, 11) is -2.77. The van der Waals surface area contributed by atoms with Gasteiger partial charge in [0, 0.05) is 53.1 Å². The minimum Gasteiger partial charge on any atom is -0.309 e. The number of hydrogen-bond acceptors (Lipinski definition) is 1. The van der Waals surface area contributed by atoms with Crippen molar-refractivity contribution in [1.82, 2.24) is 9.13 Å². The van der Waals surface area contributed by atoms with Gasteiger partial charge in [-0.2, -0.15) is 0 Å². The van der Waals surface area contributed by atoms with E-state index in [1.54, 1.807) is 0 Å². The molecule has 0 aliphatic heterocycles. The second-order valence-corrected chi connectivity index (χ2v) is 23.3. The van der Waals surface area contributed by atoms with Gasteiger partial charge in [-0.1, -0.05) is 200 Å². The quantitative estimate of drug-likeness (QED) is 0.106. The van der Waals surface area contributed by atoms with Crippen LogP contribution >= 0.6 is 11.3 Å². The first-order valence-corrected chi connectivity index (χ1v) is 26.9. The number of fused-ring (bicyclic) bond motifs is 9. The minimum atomic E-state index is -2.77. The molecule has 0 aliphatic rings. The molecule has 0 fully saturated rings. The van der Waals surface area contributed by atoms with Crippen molar-refractivity contribution in [3.05, 3.63) is 267 Å². The molecule has 0 bridgehead atoms. The number of benzene rings is 11. The lowest BCUT2D eigenvalue weighted by Crippen LogP contribution is -2.74. The van der Waals surface area contributed by atoms with E-state index in [0.717, 1.165) is 11.4 Å². The van der Waals surface area contributed by atoms with Crippen molar-refractivity contribution in [2.24, 2.45) is 0 Å². The summed E-state index contributed by atoms with van der Waals surface area (Å²) in [5.41, 5.74) is 12.0. The van der Waals surface area contributed by atoms with E-state index >= 15 is 0 Å². The van der Waals surface area contributed by atoms with Crippen LogP contribution in [0.15, 0.2) is 267 Å². The zero-order chi connectivity index (χ0) is 46.2. The van der Waals surface area contributed by atoms with Crippen LogP contribution in [-0.2, 0) is 0 Å². The van der Waals surface area contributed by atoms with Gasteiger partial charge in [0.1, 0.15) is 0 Å². The second kappa shape index (κ2) is 16.3. The third-order valence-corrected chi connectivity index (χ3v) is 20.7. The Kier molecular flexibility index (Phi) is 9.44. The molecule has 14 aromatic rings. The lowest BCUT2D eigenvalue weighted by Gasteiger charge is -2.34. The van der Waals surface area contributed by atoms with Crippen molar-refractivity contribution in [3.63, 3.8) is 0 Å². The summed E-state index contributed by atoms with van der Waals surface area (Å²) in [6, 6.07) is 99.5. The van der Waals surface area contributed by atoms with Gasteiger partial charge in [0.25, 0.3) is 0 Å². The molecule has 0 spiro atoms. The van der Waals surface area contributed by atoms with Gasteiger partial charge in [-0.05, 0) is 110 Å². The summed E-state index contributed by atoms with van der Waals surface area (Å²) in [4.78, 5) is 0. The van der Waals surface area contributed by atoms with Crippen LogP contribution in [0.3, 0.4) is 0 Å². The molecule has 4 heteroatoms. The molecule has 0 radical (unpaired) electrons. The zero-order valence-corrected chi connectivity index (χ0v) is 40.0. The Bertz CT molecular complexity index is 4190. The fraction of sp³-hybridized carbons (Fsp3) is 0. The van der Waals surface area contributed by atoms with E-state index in [0.29, 0.717) is 0 Å². The molecule has 11 aromatic carbocycles. The number of thiophene rings is 1. The smallest absolute Gasteiger partial charge is 0.179 e. The highest BCUT2D eigenvalue weighted by Crippen LogP contribution is 2.43. The summed E-state index contributed by atoms with van der Waals surface area (Å²) in [5, 5.41) is 13.0. The van der Waals surface area contributed by atoms with Crippen LogP contribution < -0.4 is 20.7 Å². The molecule has 0 amide bonds. The van der Waals surface area contributed by atoms with Crippen LogP contribution in [0.5, 0.6) is 0 Å². The maximum Gasteiger partial charge on any atom is 0.179 e. The zero-order valence-electron chi connectivity index (χ0n) is 38.2. The molecule has 0 saturated heterocycles. The highest BCUT2D eigenvalue weighted by atomic mass is 32.1. The fourth-order valence-electron chi connectivity index (χ4n) is 11.6. The summed E-state index contributed by atoms with van der Waals surface area (Å²) >= 11 is 1.89. The van der Waals surface area contributed by atoms with Crippen molar-refractivity contribution in [3.8, 4) is 33.6 Å². The first-order chi connectivity index (χ1) is 34.7. The second-order valence-electron chi connectivity index (χ2n) is 18.4. The molecule has 0 aliphatic carbocycles. The van der Waals surface area contributed by atoms with Crippen LogP contribution in [-0.4, -0.2) is 17.2 Å². The van der Waals surface area contributed by atoms with Crippen LogP contribution in [0.1, 0.15) is 0 Å². The Morgan fingerprint density at radius 2 is 0.743 bits per heavy atom. The molecule has 14 rings (SSSR count). The molecule has 0 atom stereocenters. The van der Waals surface area contributed by atoms with E-state index in [4.69, 9.17) is 0 Å². The predicted molar refractivity (Wildman–Crippen MR) is 302 cm³/mol.